The summed E-state index contributed by atoms with van der Waals surface area (Å²) in [6.07, 6.45) is 7.91. The van der Waals surface area contributed by atoms with Crippen LogP contribution < -0.4 is 5.32 Å². The van der Waals surface area contributed by atoms with Crippen LogP contribution in [-0.4, -0.2) is 16.5 Å². The van der Waals surface area contributed by atoms with Gasteiger partial charge in [0.1, 0.15) is 0 Å². The molecule has 0 bridgehead atoms. The molecule has 1 saturated carbocycles. The lowest BCUT2D eigenvalue weighted by atomic mass is 9.89. The molecule has 0 aromatic carbocycles. The first-order valence-corrected chi connectivity index (χ1v) is 6.52. The van der Waals surface area contributed by atoms with E-state index in [1.54, 1.807) is 19.2 Å². The lowest BCUT2D eigenvalue weighted by Gasteiger charge is -2.21. The number of pyridine rings is 1. The van der Waals surface area contributed by atoms with Crippen LogP contribution in [0.25, 0.3) is 0 Å². The summed E-state index contributed by atoms with van der Waals surface area (Å²) >= 11 is 0. The summed E-state index contributed by atoms with van der Waals surface area (Å²) < 4.78 is 0. The van der Waals surface area contributed by atoms with E-state index in [-0.39, 0.29) is 10.6 Å². The smallest absolute Gasteiger partial charge is 0.314 e. The van der Waals surface area contributed by atoms with E-state index in [9.17, 15) is 10.1 Å². The van der Waals surface area contributed by atoms with Crippen molar-refractivity contribution in [3.63, 3.8) is 0 Å². The minimum atomic E-state index is -0.356. The summed E-state index contributed by atoms with van der Waals surface area (Å²) in [7, 11) is 0. The predicted molar refractivity (Wildman–Crippen MR) is 70.7 cm³/mol. The SMILES string of the molecule is Cc1ccnc(NCC2CCCCC2)c1[N+](=O)[O-]. The van der Waals surface area contributed by atoms with Gasteiger partial charge in [-0.15, -0.1) is 0 Å². The highest BCUT2D eigenvalue weighted by Crippen LogP contribution is 2.28. The second-order valence-corrected chi connectivity index (χ2v) is 4.97. The molecule has 1 aliphatic rings. The maximum absolute atomic E-state index is 11.0. The molecule has 1 fully saturated rings. The molecule has 0 radical (unpaired) electrons. The van der Waals surface area contributed by atoms with Crippen molar-refractivity contribution in [1.29, 1.82) is 0 Å². The third kappa shape index (κ3) is 2.97. The Hall–Kier alpha value is -1.65. The van der Waals surface area contributed by atoms with Crippen molar-refractivity contribution in [3.8, 4) is 0 Å². The summed E-state index contributed by atoms with van der Waals surface area (Å²) in [5.74, 6) is 1.03. The summed E-state index contributed by atoms with van der Waals surface area (Å²) in [5.41, 5.74) is 0.759. The summed E-state index contributed by atoms with van der Waals surface area (Å²) in [4.78, 5) is 14.8. The molecule has 1 aliphatic carbocycles. The first-order chi connectivity index (χ1) is 8.68. The van der Waals surface area contributed by atoms with Gasteiger partial charge in [-0.1, -0.05) is 19.3 Å². The van der Waals surface area contributed by atoms with Crippen molar-refractivity contribution in [2.75, 3.05) is 11.9 Å². The Bertz CT molecular complexity index is 428. The van der Waals surface area contributed by atoms with Gasteiger partial charge in [0.15, 0.2) is 0 Å². The average Bonchev–Trinajstić information content (AvgIpc) is 2.37. The molecule has 98 valence electrons. The van der Waals surface area contributed by atoms with Gasteiger partial charge in [0.2, 0.25) is 5.82 Å². The topological polar surface area (TPSA) is 68.1 Å². The summed E-state index contributed by atoms with van der Waals surface area (Å²) in [6, 6.07) is 1.67. The fraction of sp³-hybridized carbons (Fsp3) is 0.615. The molecule has 2 rings (SSSR count). The van der Waals surface area contributed by atoms with E-state index in [1.807, 2.05) is 0 Å². The number of nitro groups is 1. The third-order valence-electron chi connectivity index (χ3n) is 3.59. The molecular weight excluding hydrogens is 230 g/mol. The van der Waals surface area contributed by atoms with Gasteiger partial charge in [-0.05, 0) is 31.7 Å². The first kappa shape index (κ1) is 12.8. The van der Waals surface area contributed by atoms with Crippen LogP contribution in [0, 0.1) is 23.0 Å². The molecule has 5 nitrogen and oxygen atoms in total. The highest BCUT2D eigenvalue weighted by Gasteiger charge is 2.20. The number of aromatic nitrogens is 1. The highest BCUT2D eigenvalue weighted by atomic mass is 16.6. The molecule has 5 heteroatoms. The molecule has 0 amide bonds. The van der Waals surface area contributed by atoms with Crippen LogP contribution in [0.5, 0.6) is 0 Å². The second kappa shape index (κ2) is 5.80. The van der Waals surface area contributed by atoms with Crippen molar-refractivity contribution in [1.82, 2.24) is 4.98 Å². The second-order valence-electron chi connectivity index (χ2n) is 4.97. The molecule has 0 atom stereocenters. The van der Waals surface area contributed by atoms with Crippen LogP contribution in [-0.2, 0) is 0 Å². The van der Waals surface area contributed by atoms with E-state index in [4.69, 9.17) is 0 Å². The molecule has 0 aliphatic heterocycles. The number of nitrogens with one attached hydrogen (secondary N) is 1. The number of hydrogen-bond acceptors (Lipinski definition) is 4. The zero-order valence-corrected chi connectivity index (χ0v) is 10.7. The Balaban J connectivity index is 2.04. The van der Waals surface area contributed by atoms with Gasteiger partial charge in [-0.2, -0.15) is 0 Å². The van der Waals surface area contributed by atoms with E-state index >= 15 is 0 Å². The van der Waals surface area contributed by atoms with Crippen molar-refractivity contribution in [2.45, 2.75) is 39.0 Å². The van der Waals surface area contributed by atoms with Crippen molar-refractivity contribution >= 4 is 11.5 Å². The highest BCUT2D eigenvalue weighted by molar-refractivity contribution is 5.59. The van der Waals surface area contributed by atoms with E-state index < -0.39 is 0 Å². The molecule has 0 saturated heterocycles. The summed E-state index contributed by atoms with van der Waals surface area (Å²) in [5, 5.41) is 14.2. The van der Waals surface area contributed by atoms with E-state index in [2.05, 4.69) is 10.3 Å². The van der Waals surface area contributed by atoms with Crippen LogP contribution in [0.3, 0.4) is 0 Å². The molecule has 1 N–H and O–H groups in total. The van der Waals surface area contributed by atoms with Gasteiger partial charge in [0.05, 0.1) is 4.92 Å². The Kier molecular flexibility index (Phi) is 4.12. The Morgan fingerprint density at radius 3 is 2.83 bits per heavy atom. The van der Waals surface area contributed by atoms with Crippen molar-refractivity contribution in [2.24, 2.45) is 5.92 Å². The van der Waals surface area contributed by atoms with Crippen molar-refractivity contribution in [3.05, 3.63) is 27.9 Å². The number of anilines is 1. The van der Waals surface area contributed by atoms with E-state index in [1.165, 1.54) is 32.1 Å². The minimum Gasteiger partial charge on any atom is -0.364 e. The average molecular weight is 249 g/mol. The Labute approximate surface area is 107 Å². The van der Waals surface area contributed by atoms with Gasteiger partial charge in [0, 0.05) is 18.3 Å². The van der Waals surface area contributed by atoms with Crippen molar-refractivity contribution < 1.29 is 4.92 Å². The van der Waals surface area contributed by atoms with Gasteiger partial charge < -0.3 is 5.32 Å². The Morgan fingerprint density at radius 2 is 2.17 bits per heavy atom. The van der Waals surface area contributed by atoms with Crippen LogP contribution >= 0.6 is 0 Å². The van der Waals surface area contributed by atoms with Crippen LogP contribution in [0.15, 0.2) is 12.3 Å². The lowest BCUT2D eigenvalue weighted by molar-refractivity contribution is -0.384. The molecule has 1 aromatic heterocycles. The first-order valence-electron chi connectivity index (χ1n) is 6.52. The van der Waals surface area contributed by atoms with Crippen LogP contribution in [0.1, 0.15) is 37.7 Å². The largest absolute Gasteiger partial charge is 0.364 e. The maximum Gasteiger partial charge on any atom is 0.314 e. The van der Waals surface area contributed by atoms with E-state index in [0.29, 0.717) is 17.3 Å². The normalized spacial score (nSPS) is 16.5. The zero-order valence-electron chi connectivity index (χ0n) is 10.7. The summed E-state index contributed by atoms with van der Waals surface area (Å²) in [6.45, 7) is 2.53. The minimum absolute atomic E-state index is 0.105. The van der Waals surface area contributed by atoms with Crippen LogP contribution in [0.4, 0.5) is 11.5 Å². The molecule has 0 spiro atoms. The maximum atomic E-state index is 11.0. The van der Waals surface area contributed by atoms with Gasteiger partial charge >= 0.3 is 5.69 Å². The number of nitrogens with zero attached hydrogens (tertiary/aromatic N) is 2. The van der Waals surface area contributed by atoms with Gasteiger partial charge in [-0.25, -0.2) is 4.98 Å². The molecule has 0 unspecified atom stereocenters. The molecule has 18 heavy (non-hydrogen) atoms. The molecule has 1 heterocycles. The fourth-order valence-electron chi connectivity index (χ4n) is 2.54. The zero-order chi connectivity index (χ0) is 13.0. The number of rotatable bonds is 4. The quantitative estimate of drug-likeness (QED) is 0.656. The monoisotopic (exact) mass is 249 g/mol. The molecular formula is C13H19N3O2. The molecule has 1 aromatic rings. The van der Waals surface area contributed by atoms with Gasteiger partial charge in [-0.3, -0.25) is 10.1 Å². The van der Waals surface area contributed by atoms with E-state index in [0.717, 1.165) is 6.54 Å². The number of aryl methyl sites for hydroxylation is 1. The fourth-order valence-corrected chi connectivity index (χ4v) is 2.54. The standard InChI is InChI=1S/C13H19N3O2/c1-10-7-8-14-13(12(10)16(17)18)15-9-11-5-3-2-4-6-11/h7-8,11H,2-6,9H2,1H3,(H,14,15). The van der Waals surface area contributed by atoms with Gasteiger partial charge in [0.25, 0.3) is 0 Å². The number of hydrogen-bond donors (Lipinski definition) is 1. The third-order valence-corrected chi connectivity index (χ3v) is 3.59. The lowest BCUT2D eigenvalue weighted by Crippen LogP contribution is -2.18. The van der Waals surface area contributed by atoms with Crippen LogP contribution in [0.2, 0.25) is 0 Å². The Morgan fingerprint density at radius 1 is 1.44 bits per heavy atom. The predicted octanol–water partition coefficient (Wildman–Crippen LogP) is 3.29.